The van der Waals surface area contributed by atoms with Crippen LogP contribution in [-0.2, 0) is 13.1 Å². The zero-order chi connectivity index (χ0) is 23.8. The number of nitrogens with one attached hydrogen (secondary N) is 1. The van der Waals surface area contributed by atoms with Gasteiger partial charge in [0, 0.05) is 6.54 Å². The van der Waals surface area contributed by atoms with E-state index in [4.69, 9.17) is 0 Å². The lowest BCUT2D eigenvalue weighted by atomic mass is 10.1. The standard InChI is InChI=1S/C27H25N5O2/c1-17-8-11-20(12-9-17)16-31-23-14-18(2)10-13-22(23)32-25(27(31)34)29-24(30-32)26(33)28-15-21-7-5-4-6-19(21)3/h4-14H,15-16H2,1-3H3,(H,28,33). The highest BCUT2D eigenvalue weighted by Gasteiger charge is 2.19. The Morgan fingerprint density at radius 1 is 0.912 bits per heavy atom. The highest BCUT2D eigenvalue weighted by atomic mass is 16.2. The summed E-state index contributed by atoms with van der Waals surface area (Å²) in [5, 5.41) is 7.27. The van der Waals surface area contributed by atoms with Crippen molar-refractivity contribution in [3.63, 3.8) is 0 Å². The molecule has 0 atom stereocenters. The Morgan fingerprint density at radius 2 is 1.65 bits per heavy atom. The molecule has 0 aliphatic rings. The minimum atomic E-state index is -0.420. The maximum atomic E-state index is 13.5. The van der Waals surface area contributed by atoms with Gasteiger partial charge in [-0.1, -0.05) is 60.2 Å². The fourth-order valence-corrected chi connectivity index (χ4v) is 4.07. The van der Waals surface area contributed by atoms with Crippen LogP contribution in [-0.4, -0.2) is 25.1 Å². The molecule has 0 fully saturated rings. The highest BCUT2D eigenvalue weighted by molar-refractivity contribution is 5.91. The van der Waals surface area contributed by atoms with Crippen molar-refractivity contribution in [2.75, 3.05) is 0 Å². The number of fused-ring (bicyclic) bond motifs is 3. The summed E-state index contributed by atoms with van der Waals surface area (Å²) in [6, 6.07) is 21.8. The summed E-state index contributed by atoms with van der Waals surface area (Å²) in [4.78, 5) is 30.7. The summed E-state index contributed by atoms with van der Waals surface area (Å²) in [6.45, 7) is 6.77. The number of carbonyl (C=O) groups is 1. The molecule has 5 aromatic rings. The summed E-state index contributed by atoms with van der Waals surface area (Å²) in [7, 11) is 0. The molecule has 0 saturated heterocycles. The summed E-state index contributed by atoms with van der Waals surface area (Å²) in [6.07, 6.45) is 0. The van der Waals surface area contributed by atoms with Gasteiger partial charge in [0.25, 0.3) is 11.5 Å². The van der Waals surface area contributed by atoms with E-state index in [1.165, 1.54) is 4.52 Å². The Kier molecular flexibility index (Phi) is 5.45. The van der Waals surface area contributed by atoms with Crippen LogP contribution in [0.3, 0.4) is 0 Å². The van der Waals surface area contributed by atoms with Crippen LogP contribution in [0, 0.1) is 20.8 Å². The first kappa shape index (κ1) is 21.6. The molecule has 7 heteroatoms. The van der Waals surface area contributed by atoms with Crippen molar-refractivity contribution in [3.05, 3.63) is 111 Å². The van der Waals surface area contributed by atoms with Gasteiger partial charge in [0.15, 0.2) is 0 Å². The normalized spacial score (nSPS) is 11.3. The molecular weight excluding hydrogens is 426 g/mol. The van der Waals surface area contributed by atoms with Crippen molar-refractivity contribution >= 4 is 22.6 Å². The van der Waals surface area contributed by atoms with Gasteiger partial charge in [0.1, 0.15) is 0 Å². The van der Waals surface area contributed by atoms with Gasteiger partial charge in [-0.25, -0.2) is 4.52 Å². The van der Waals surface area contributed by atoms with Crippen molar-refractivity contribution in [3.8, 4) is 0 Å². The molecule has 0 unspecified atom stereocenters. The Morgan fingerprint density at radius 3 is 2.41 bits per heavy atom. The number of hydrogen-bond donors (Lipinski definition) is 1. The van der Waals surface area contributed by atoms with Crippen molar-refractivity contribution in [1.29, 1.82) is 0 Å². The van der Waals surface area contributed by atoms with Gasteiger partial charge in [0.2, 0.25) is 11.5 Å². The first-order chi connectivity index (χ1) is 16.4. The molecule has 0 aliphatic heterocycles. The van der Waals surface area contributed by atoms with E-state index in [-0.39, 0.29) is 17.0 Å². The number of aromatic nitrogens is 4. The summed E-state index contributed by atoms with van der Waals surface area (Å²) in [5.41, 5.74) is 6.61. The Bertz CT molecular complexity index is 1600. The lowest BCUT2D eigenvalue weighted by Crippen LogP contribution is -2.24. The molecule has 170 valence electrons. The average molecular weight is 452 g/mol. The summed E-state index contributed by atoms with van der Waals surface area (Å²) in [5.74, 6) is -0.447. The Labute approximate surface area is 196 Å². The zero-order valence-corrected chi connectivity index (χ0v) is 19.4. The van der Waals surface area contributed by atoms with Gasteiger partial charge in [-0.2, -0.15) is 4.98 Å². The first-order valence-electron chi connectivity index (χ1n) is 11.2. The Balaban J connectivity index is 1.57. The van der Waals surface area contributed by atoms with E-state index in [0.29, 0.717) is 13.1 Å². The van der Waals surface area contributed by atoms with Crippen molar-refractivity contribution in [2.45, 2.75) is 33.9 Å². The van der Waals surface area contributed by atoms with Crippen LogP contribution in [0.2, 0.25) is 0 Å². The van der Waals surface area contributed by atoms with Crippen molar-refractivity contribution < 1.29 is 4.79 Å². The SMILES string of the molecule is Cc1ccc(Cn2c(=O)c3nc(C(=O)NCc4ccccc4C)nn3c3ccc(C)cc32)cc1. The van der Waals surface area contributed by atoms with Crippen molar-refractivity contribution in [1.82, 2.24) is 24.5 Å². The lowest BCUT2D eigenvalue weighted by molar-refractivity contribution is 0.0941. The van der Waals surface area contributed by atoms with Gasteiger partial charge < -0.3 is 5.32 Å². The van der Waals surface area contributed by atoms with E-state index in [1.807, 2.05) is 87.5 Å². The van der Waals surface area contributed by atoms with Crippen LogP contribution in [0.25, 0.3) is 16.7 Å². The average Bonchev–Trinajstić information content (AvgIpc) is 3.28. The molecule has 3 aromatic carbocycles. The van der Waals surface area contributed by atoms with Gasteiger partial charge in [0.05, 0.1) is 17.6 Å². The predicted octanol–water partition coefficient (Wildman–Crippen LogP) is 3.95. The fourth-order valence-electron chi connectivity index (χ4n) is 4.07. The van der Waals surface area contributed by atoms with Crippen molar-refractivity contribution in [2.24, 2.45) is 0 Å². The molecule has 0 bridgehead atoms. The number of amides is 1. The molecular formula is C27H25N5O2. The molecule has 7 nitrogen and oxygen atoms in total. The van der Waals surface area contributed by atoms with Gasteiger partial charge >= 0.3 is 0 Å². The summed E-state index contributed by atoms with van der Waals surface area (Å²) >= 11 is 0. The van der Waals surface area contributed by atoms with Gasteiger partial charge in [-0.15, -0.1) is 5.10 Å². The second-order valence-electron chi connectivity index (χ2n) is 8.65. The molecule has 1 N–H and O–H groups in total. The second-order valence-corrected chi connectivity index (χ2v) is 8.65. The van der Waals surface area contributed by atoms with E-state index >= 15 is 0 Å². The summed E-state index contributed by atoms with van der Waals surface area (Å²) < 4.78 is 3.18. The largest absolute Gasteiger partial charge is 0.345 e. The van der Waals surface area contributed by atoms with Crippen LogP contribution < -0.4 is 10.9 Å². The van der Waals surface area contributed by atoms with Crippen LogP contribution in [0.5, 0.6) is 0 Å². The minimum absolute atomic E-state index is 0.0272. The van der Waals surface area contributed by atoms with E-state index in [9.17, 15) is 9.59 Å². The second kappa shape index (κ2) is 8.59. The number of benzene rings is 3. The third-order valence-electron chi connectivity index (χ3n) is 6.06. The molecule has 5 rings (SSSR count). The molecule has 2 aromatic heterocycles. The number of carbonyl (C=O) groups excluding carboxylic acids is 1. The molecule has 0 spiro atoms. The van der Waals surface area contributed by atoms with Gasteiger partial charge in [-0.3, -0.25) is 14.2 Å². The number of aryl methyl sites for hydroxylation is 3. The quantitative estimate of drug-likeness (QED) is 0.439. The number of nitrogens with zero attached hydrogens (tertiary/aromatic N) is 4. The molecule has 0 aliphatic carbocycles. The highest BCUT2D eigenvalue weighted by Crippen LogP contribution is 2.18. The third-order valence-corrected chi connectivity index (χ3v) is 6.06. The van der Waals surface area contributed by atoms with Crippen LogP contribution >= 0.6 is 0 Å². The van der Waals surface area contributed by atoms with E-state index in [0.717, 1.165) is 38.9 Å². The van der Waals surface area contributed by atoms with Crippen LogP contribution in [0.4, 0.5) is 0 Å². The third kappa shape index (κ3) is 3.96. The smallest absolute Gasteiger partial charge is 0.296 e. The first-order valence-corrected chi connectivity index (χ1v) is 11.2. The predicted molar refractivity (Wildman–Crippen MR) is 132 cm³/mol. The molecule has 0 radical (unpaired) electrons. The molecule has 34 heavy (non-hydrogen) atoms. The van der Waals surface area contributed by atoms with E-state index < -0.39 is 5.91 Å². The molecule has 1 amide bonds. The monoisotopic (exact) mass is 451 g/mol. The maximum absolute atomic E-state index is 13.5. The van der Waals surface area contributed by atoms with Crippen LogP contribution in [0.15, 0.2) is 71.5 Å². The number of hydrogen-bond acceptors (Lipinski definition) is 4. The topological polar surface area (TPSA) is 81.3 Å². The fraction of sp³-hybridized carbons (Fsp3) is 0.185. The maximum Gasteiger partial charge on any atom is 0.296 e. The Hall–Kier alpha value is -4.26. The van der Waals surface area contributed by atoms with Crippen LogP contribution in [0.1, 0.15) is 38.4 Å². The van der Waals surface area contributed by atoms with E-state index in [2.05, 4.69) is 15.4 Å². The minimum Gasteiger partial charge on any atom is -0.345 e. The number of rotatable bonds is 5. The van der Waals surface area contributed by atoms with E-state index in [1.54, 1.807) is 4.57 Å². The van der Waals surface area contributed by atoms with Gasteiger partial charge in [-0.05, 0) is 55.2 Å². The zero-order valence-electron chi connectivity index (χ0n) is 19.4. The lowest BCUT2D eigenvalue weighted by Gasteiger charge is -2.12. The molecule has 0 saturated carbocycles. The molecule has 2 heterocycles.